The predicted molar refractivity (Wildman–Crippen MR) is 65.6 cm³/mol. The van der Waals surface area contributed by atoms with Crippen LogP contribution in [0.1, 0.15) is 12.8 Å². The van der Waals surface area contributed by atoms with Crippen LogP contribution in [0, 0.1) is 11.3 Å². The molecule has 1 fully saturated rings. The van der Waals surface area contributed by atoms with Crippen LogP contribution >= 0.6 is 0 Å². The van der Waals surface area contributed by atoms with Crippen molar-refractivity contribution in [3.05, 3.63) is 11.8 Å². The zero-order valence-corrected chi connectivity index (χ0v) is 10.6. The van der Waals surface area contributed by atoms with E-state index in [0.29, 0.717) is 19.7 Å². The Bertz CT molecular complexity index is 330. The number of ether oxygens (including phenoxy) is 2. The maximum absolute atomic E-state index is 11.7. The number of hydrogen-bond donors (Lipinski definition) is 2. The van der Waals surface area contributed by atoms with Gasteiger partial charge in [0.2, 0.25) is 0 Å². The number of carbonyl (C=O) groups excluding carboxylic acids is 1. The van der Waals surface area contributed by atoms with Crippen molar-refractivity contribution in [2.24, 2.45) is 0 Å². The second-order valence-electron chi connectivity index (χ2n) is 3.96. The van der Waals surface area contributed by atoms with Crippen molar-refractivity contribution >= 4 is 5.91 Å². The fourth-order valence-electron chi connectivity index (χ4n) is 1.59. The number of nitrogens with zero attached hydrogens (tertiary/aromatic N) is 1. The highest BCUT2D eigenvalue weighted by atomic mass is 16.5. The lowest BCUT2D eigenvalue weighted by Crippen LogP contribution is -2.33. The van der Waals surface area contributed by atoms with Crippen LogP contribution < -0.4 is 10.6 Å². The first-order valence-electron chi connectivity index (χ1n) is 6.00. The molecule has 0 aromatic rings. The summed E-state index contributed by atoms with van der Waals surface area (Å²) < 4.78 is 10.2. The molecule has 18 heavy (non-hydrogen) atoms. The molecular weight excluding hydrogens is 234 g/mol. The summed E-state index contributed by atoms with van der Waals surface area (Å²) in [7, 11) is 1.59. The maximum atomic E-state index is 11.7. The van der Waals surface area contributed by atoms with Gasteiger partial charge in [-0.25, -0.2) is 0 Å². The van der Waals surface area contributed by atoms with Gasteiger partial charge < -0.3 is 20.1 Å². The van der Waals surface area contributed by atoms with Crippen molar-refractivity contribution in [2.45, 2.75) is 18.9 Å². The fraction of sp³-hybridized carbons (Fsp3) is 0.667. The van der Waals surface area contributed by atoms with E-state index in [1.165, 1.54) is 6.20 Å². The van der Waals surface area contributed by atoms with Gasteiger partial charge in [0.05, 0.1) is 12.7 Å². The van der Waals surface area contributed by atoms with E-state index in [1.54, 1.807) is 7.11 Å². The summed E-state index contributed by atoms with van der Waals surface area (Å²) in [6.45, 7) is 2.28. The van der Waals surface area contributed by atoms with Crippen LogP contribution in [0.25, 0.3) is 0 Å². The van der Waals surface area contributed by atoms with Gasteiger partial charge in [0.15, 0.2) is 0 Å². The van der Waals surface area contributed by atoms with Crippen molar-refractivity contribution in [1.29, 1.82) is 5.26 Å². The van der Waals surface area contributed by atoms with Gasteiger partial charge in [-0.3, -0.25) is 4.79 Å². The molecule has 1 rings (SSSR count). The first kappa shape index (κ1) is 14.5. The Morgan fingerprint density at radius 3 is 3.11 bits per heavy atom. The van der Waals surface area contributed by atoms with Gasteiger partial charge in [0, 0.05) is 33.0 Å². The third kappa shape index (κ3) is 5.17. The number of carbonyl (C=O) groups is 1. The Kier molecular flexibility index (Phi) is 6.84. The van der Waals surface area contributed by atoms with E-state index >= 15 is 0 Å². The molecule has 1 unspecified atom stereocenters. The number of hydrogen-bond acceptors (Lipinski definition) is 5. The van der Waals surface area contributed by atoms with Crippen LogP contribution in [0.4, 0.5) is 0 Å². The highest BCUT2D eigenvalue weighted by Gasteiger charge is 2.17. The van der Waals surface area contributed by atoms with E-state index in [1.807, 2.05) is 6.07 Å². The molecule has 0 spiro atoms. The van der Waals surface area contributed by atoms with Crippen LogP contribution in [0.5, 0.6) is 0 Å². The minimum absolute atomic E-state index is 0.0594. The standard InChI is InChI=1S/C12H19N3O3/c1-17-6-4-14-8-10(7-13)12(16)15-9-11-3-2-5-18-11/h8,11,14H,2-6,9H2,1H3,(H,15,16)/b10-8-. The average Bonchev–Trinajstić information content (AvgIpc) is 2.89. The molecule has 6 heteroatoms. The number of rotatable bonds is 7. The molecule has 0 bridgehead atoms. The summed E-state index contributed by atoms with van der Waals surface area (Å²) in [4.78, 5) is 11.7. The minimum atomic E-state index is -0.377. The summed E-state index contributed by atoms with van der Waals surface area (Å²) >= 11 is 0. The van der Waals surface area contributed by atoms with Crippen LogP contribution in [-0.4, -0.2) is 45.4 Å². The van der Waals surface area contributed by atoms with E-state index in [0.717, 1.165) is 19.4 Å². The average molecular weight is 253 g/mol. The molecule has 0 aromatic carbocycles. The molecular formula is C12H19N3O3. The molecule has 1 heterocycles. The first-order valence-corrected chi connectivity index (χ1v) is 6.00. The molecule has 6 nitrogen and oxygen atoms in total. The van der Waals surface area contributed by atoms with Crippen molar-refractivity contribution in [1.82, 2.24) is 10.6 Å². The van der Waals surface area contributed by atoms with E-state index in [4.69, 9.17) is 14.7 Å². The summed E-state index contributed by atoms with van der Waals surface area (Å²) in [5.41, 5.74) is 0.0594. The number of methoxy groups -OCH3 is 1. The monoisotopic (exact) mass is 253 g/mol. The second-order valence-corrected chi connectivity index (χ2v) is 3.96. The van der Waals surface area contributed by atoms with E-state index < -0.39 is 0 Å². The van der Waals surface area contributed by atoms with Gasteiger partial charge >= 0.3 is 0 Å². The van der Waals surface area contributed by atoms with Gasteiger partial charge in [0.25, 0.3) is 5.91 Å². The van der Waals surface area contributed by atoms with E-state index in [2.05, 4.69) is 10.6 Å². The zero-order chi connectivity index (χ0) is 13.2. The number of amides is 1. The van der Waals surface area contributed by atoms with Gasteiger partial charge in [0.1, 0.15) is 11.6 Å². The molecule has 0 aromatic heterocycles. The van der Waals surface area contributed by atoms with Crippen LogP contribution in [-0.2, 0) is 14.3 Å². The van der Waals surface area contributed by atoms with Crippen molar-refractivity contribution in [2.75, 3.05) is 33.4 Å². The molecule has 1 atom stereocenters. The minimum Gasteiger partial charge on any atom is -0.387 e. The van der Waals surface area contributed by atoms with Crippen molar-refractivity contribution in [3.63, 3.8) is 0 Å². The third-order valence-electron chi connectivity index (χ3n) is 2.58. The van der Waals surface area contributed by atoms with Crippen molar-refractivity contribution < 1.29 is 14.3 Å². The Labute approximate surface area is 107 Å². The molecule has 1 amide bonds. The molecule has 0 aliphatic carbocycles. The van der Waals surface area contributed by atoms with E-state index in [9.17, 15) is 4.79 Å². The highest BCUT2D eigenvalue weighted by molar-refractivity contribution is 5.97. The zero-order valence-electron chi connectivity index (χ0n) is 10.6. The van der Waals surface area contributed by atoms with Crippen LogP contribution in [0.2, 0.25) is 0 Å². The summed E-state index contributed by atoms with van der Waals surface area (Å²) in [6.07, 6.45) is 3.47. The highest BCUT2D eigenvalue weighted by Crippen LogP contribution is 2.10. The Morgan fingerprint density at radius 1 is 1.67 bits per heavy atom. The molecule has 0 radical (unpaired) electrons. The van der Waals surface area contributed by atoms with Gasteiger partial charge in [-0.15, -0.1) is 0 Å². The quantitative estimate of drug-likeness (QED) is 0.377. The number of nitriles is 1. The maximum Gasteiger partial charge on any atom is 0.263 e. The Balaban J connectivity index is 2.29. The first-order chi connectivity index (χ1) is 8.77. The Morgan fingerprint density at radius 2 is 2.50 bits per heavy atom. The lowest BCUT2D eigenvalue weighted by molar-refractivity contribution is -0.117. The number of nitrogens with one attached hydrogen (secondary N) is 2. The van der Waals surface area contributed by atoms with Gasteiger partial charge in [-0.05, 0) is 12.8 Å². The third-order valence-corrected chi connectivity index (χ3v) is 2.58. The Hall–Kier alpha value is -1.58. The smallest absolute Gasteiger partial charge is 0.263 e. The largest absolute Gasteiger partial charge is 0.387 e. The molecule has 1 aliphatic heterocycles. The molecule has 2 N–H and O–H groups in total. The topological polar surface area (TPSA) is 83.4 Å². The van der Waals surface area contributed by atoms with Crippen LogP contribution in [0.15, 0.2) is 11.8 Å². The fourth-order valence-corrected chi connectivity index (χ4v) is 1.59. The van der Waals surface area contributed by atoms with Crippen LogP contribution in [0.3, 0.4) is 0 Å². The molecule has 0 saturated carbocycles. The summed E-state index contributed by atoms with van der Waals surface area (Å²) in [6, 6.07) is 1.86. The summed E-state index contributed by atoms with van der Waals surface area (Å²) in [5.74, 6) is -0.377. The lowest BCUT2D eigenvalue weighted by atomic mass is 10.2. The molecule has 100 valence electrons. The van der Waals surface area contributed by atoms with Gasteiger partial charge in [-0.1, -0.05) is 0 Å². The van der Waals surface area contributed by atoms with E-state index in [-0.39, 0.29) is 17.6 Å². The predicted octanol–water partition coefficient (Wildman–Crippen LogP) is -0.0749. The van der Waals surface area contributed by atoms with Crippen molar-refractivity contribution in [3.8, 4) is 6.07 Å². The normalized spacial score (nSPS) is 19.3. The molecule has 1 saturated heterocycles. The second kappa shape index (κ2) is 8.50. The summed E-state index contributed by atoms with van der Waals surface area (Å²) in [5, 5.41) is 14.4. The SMILES string of the molecule is COCCN/C=C(/C#N)C(=O)NCC1CCCO1. The lowest BCUT2D eigenvalue weighted by Gasteiger charge is -2.10. The van der Waals surface area contributed by atoms with Gasteiger partial charge in [-0.2, -0.15) is 5.26 Å². The molecule has 1 aliphatic rings.